The summed E-state index contributed by atoms with van der Waals surface area (Å²) in [7, 11) is 0. The van der Waals surface area contributed by atoms with Gasteiger partial charge in [0.1, 0.15) is 11.5 Å². The first-order valence-electron chi connectivity index (χ1n) is 11.4. The van der Waals surface area contributed by atoms with Gasteiger partial charge in [0.05, 0.1) is 23.3 Å². The van der Waals surface area contributed by atoms with Crippen molar-refractivity contribution in [1.82, 2.24) is 0 Å². The van der Waals surface area contributed by atoms with Crippen LogP contribution in [-0.4, -0.2) is 23.8 Å². The molecule has 30 heavy (non-hydrogen) atoms. The first-order valence-corrected chi connectivity index (χ1v) is 11.4. The van der Waals surface area contributed by atoms with Gasteiger partial charge in [0.2, 0.25) is 0 Å². The minimum atomic E-state index is -0.139. The van der Waals surface area contributed by atoms with Gasteiger partial charge < -0.3 is 9.47 Å². The van der Waals surface area contributed by atoms with Crippen molar-refractivity contribution in [3.05, 3.63) is 58.7 Å². The number of fused-ring (bicyclic) bond motifs is 2. The predicted octanol–water partition coefficient (Wildman–Crippen LogP) is 5.89. The van der Waals surface area contributed by atoms with Gasteiger partial charge in [-0.1, -0.05) is 37.1 Å². The molecule has 0 saturated heterocycles. The molecule has 4 heteroatoms. The van der Waals surface area contributed by atoms with Gasteiger partial charge in [0.15, 0.2) is 11.6 Å². The summed E-state index contributed by atoms with van der Waals surface area (Å²) in [4.78, 5) is 26.9. The molecule has 0 heterocycles. The van der Waals surface area contributed by atoms with E-state index in [1.54, 1.807) is 12.1 Å². The summed E-state index contributed by atoms with van der Waals surface area (Å²) in [5.41, 5.74) is 1.69. The lowest BCUT2D eigenvalue weighted by Gasteiger charge is -2.28. The maximum atomic E-state index is 13.5. The lowest BCUT2D eigenvalue weighted by Crippen LogP contribution is -2.27. The molecule has 4 nitrogen and oxygen atoms in total. The number of carbonyl (C=O) groups excluding carboxylic acids is 2. The molecule has 2 aromatic rings. The Morgan fingerprint density at radius 3 is 1.37 bits per heavy atom. The van der Waals surface area contributed by atoms with E-state index in [1.807, 2.05) is 24.3 Å². The smallest absolute Gasteiger partial charge is 0.198 e. The van der Waals surface area contributed by atoms with Gasteiger partial charge in [0.25, 0.3) is 0 Å². The van der Waals surface area contributed by atoms with Crippen molar-refractivity contribution < 1.29 is 19.1 Å². The SMILES string of the molecule is O=C1c2cccc(OC3CCCCC3)c2C(=O)c2cccc(OC3CCCCC3)c21. The van der Waals surface area contributed by atoms with Gasteiger partial charge in [-0.15, -0.1) is 0 Å². The van der Waals surface area contributed by atoms with Crippen molar-refractivity contribution in [3.8, 4) is 11.5 Å². The van der Waals surface area contributed by atoms with Crippen LogP contribution in [0.15, 0.2) is 36.4 Å². The lowest BCUT2D eigenvalue weighted by atomic mass is 9.83. The number of hydrogen-bond donors (Lipinski definition) is 0. The van der Waals surface area contributed by atoms with Gasteiger partial charge in [0, 0.05) is 11.1 Å². The van der Waals surface area contributed by atoms with Crippen molar-refractivity contribution in [2.45, 2.75) is 76.4 Å². The molecule has 0 N–H and O–H groups in total. The highest BCUT2D eigenvalue weighted by atomic mass is 16.5. The summed E-state index contributed by atoms with van der Waals surface area (Å²) in [6.45, 7) is 0. The van der Waals surface area contributed by atoms with Gasteiger partial charge in [-0.25, -0.2) is 0 Å². The third-order valence-electron chi connectivity index (χ3n) is 6.69. The van der Waals surface area contributed by atoms with Crippen LogP contribution >= 0.6 is 0 Å². The number of ether oxygens (including phenoxy) is 2. The molecule has 2 fully saturated rings. The van der Waals surface area contributed by atoms with Crippen molar-refractivity contribution in [3.63, 3.8) is 0 Å². The van der Waals surface area contributed by atoms with Crippen molar-refractivity contribution in [1.29, 1.82) is 0 Å². The highest BCUT2D eigenvalue weighted by Gasteiger charge is 2.35. The van der Waals surface area contributed by atoms with E-state index >= 15 is 0 Å². The Hall–Kier alpha value is -2.62. The van der Waals surface area contributed by atoms with Crippen molar-refractivity contribution in [2.24, 2.45) is 0 Å². The maximum absolute atomic E-state index is 13.5. The van der Waals surface area contributed by atoms with E-state index in [1.165, 1.54) is 12.8 Å². The molecule has 0 amide bonds. The second-order valence-electron chi connectivity index (χ2n) is 8.77. The first kappa shape index (κ1) is 19.3. The fourth-order valence-electron chi connectivity index (χ4n) is 5.10. The number of ketones is 2. The van der Waals surface area contributed by atoms with E-state index in [4.69, 9.17) is 9.47 Å². The summed E-state index contributed by atoms with van der Waals surface area (Å²) in [6.07, 6.45) is 11.3. The zero-order valence-electron chi connectivity index (χ0n) is 17.3. The Kier molecular flexibility index (Phi) is 5.32. The Balaban J connectivity index is 1.49. The fraction of sp³-hybridized carbons (Fsp3) is 0.462. The largest absolute Gasteiger partial charge is 0.490 e. The minimum Gasteiger partial charge on any atom is -0.490 e. The molecule has 0 unspecified atom stereocenters. The summed E-state index contributed by atoms with van der Waals surface area (Å²) in [6, 6.07) is 10.8. The molecular weight excluding hydrogens is 376 g/mol. The van der Waals surface area contributed by atoms with Crippen LogP contribution in [0.1, 0.15) is 96.1 Å². The van der Waals surface area contributed by atoms with Crippen LogP contribution in [0.3, 0.4) is 0 Å². The molecule has 0 radical (unpaired) electrons. The van der Waals surface area contributed by atoms with E-state index < -0.39 is 0 Å². The third-order valence-corrected chi connectivity index (χ3v) is 6.69. The molecule has 0 bridgehead atoms. The van der Waals surface area contributed by atoms with Crippen LogP contribution in [-0.2, 0) is 0 Å². The highest BCUT2D eigenvalue weighted by molar-refractivity contribution is 6.30. The van der Waals surface area contributed by atoms with Crippen LogP contribution < -0.4 is 9.47 Å². The third kappa shape index (κ3) is 3.53. The van der Waals surface area contributed by atoms with Gasteiger partial charge in [-0.05, 0) is 63.5 Å². The molecule has 3 aliphatic rings. The van der Waals surface area contributed by atoms with Gasteiger partial charge in [-0.3, -0.25) is 9.59 Å². The molecule has 0 aliphatic heterocycles. The van der Waals surface area contributed by atoms with E-state index in [9.17, 15) is 9.59 Å². The standard InChI is InChI=1S/C26H28O4/c27-25-20-14-8-16-22(30-18-11-5-2-6-12-18)24(20)26(28)19-13-7-15-21(23(19)25)29-17-9-3-1-4-10-17/h7-8,13-18H,1-6,9-12H2. The normalized spacial score (nSPS) is 19.9. The zero-order chi connectivity index (χ0) is 20.5. The fourth-order valence-corrected chi connectivity index (χ4v) is 5.10. The minimum absolute atomic E-state index is 0.121. The molecule has 2 saturated carbocycles. The van der Waals surface area contributed by atoms with Crippen LogP contribution in [0.4, 0.5) is 0 Å². The van der Waals surface area contributed by atoms with Crippen LogP contribution in [0, 0.1) is 0 Å². The molecule has 3 aliphatic carbocycles. The number of carbonyl (C=O) groups is 2. The second kappa shape index (κ2) is 8.25. The van der Waals surface area contributed by atoms with E-state index in [-0.39, 0.29) is 23.8 Å². The average Bonchev–Trinajstić information content (AvgIpc) is 2.79. The van der Waals surface area contributed by atoms with Crippen LogP contribution in [0.2, 0.25) is 0 Å². The second-order valence-corrected chi connectivity index (χ2v) is 8.77. The highest BCUT2D eigenvalue weighted by Crippen LogP contribution is 2.39. The van der Waals surface area contributed by atoms with Crippen molar-refractivity contribution >= 4 is 11.6 Å². The Morgan fingerprint density at radius 2 is 0.967 bits per heavy atom. The van der Waals surface area contributed by atoms with Crippen molar-refractivity contribution in [2.75, 3.05) is 0 Å². The van der Waals surface area contributed by atoms with Gasteiger partial charge >= 0.3 is 0 Å². The zero-order valence-corrected chi connectivity index (χ0v) is 17.3. The molecule has 0 aromatic heterocycles. The topological polar surface area (TPSA) is 52.6 Å². The van der Waals surface area contributed by atoms with Crippen LogP contribution in [0.5, 0.6) is 11.5 Å². The Labute approximate surface area is 177 Å². The number of benzene rings is 2. The monoisotopic (exact) mass is 404 g/mol. The molecule has 5 rings (SSSR count). The maximum Gasteiger partial charge on any atom is 0.198 e. The van der Waals surface area contributed by atoms with E-state index in [2.05, 4.69) is 0 Å². The number of hydrogen-bond acceptors (Lipinski definition) is 4. The summed E-state index contributed by atoms with van der Waals surface area (Å²) < 4.78 is 12.5. The average molecular weight is 405 g/mol. The molecule has 0 atom stereocenters. The molecule has 156 valence electrons. The predicted molar refractivity (Wildman–Crippen MR) is 115 cm³/mol. The molecule has 2 aromatic carbocycles. The van der Waals surface area contributed by atoms with Gasteiger partial charge in [-0.2, -0.15) is 0 Å². The van der Waals surface area contributed by atoms with Crippen LogP contribution in [0.25, 0.3) is 0 Å². The quantitative estimate of drug-likeness (QED) is 0.544. The number of rotatable bonds is 4. The molecular formula is C26H28O4. The summed E-state index contributed by atoms with van der Waals surface area (Å²) in [5.74, 6) is 0.809. The summed E-state index contributed by atoms with van der Waals surface area (Å²) in [5, 5.41) is 0. The lowest BCUT2D eigenvalue weighted by molar-refractivity contribution is 0.0958. The summed E-state index contributed by atoms with van der Waals surface area (Å²) >= 11 is 0. The first-order chi connectivity index (χ1) is 14.7. The van der Waals surface area contributed by atoms with E-state index in [0.717, 1.165) is 51.4 Å². The Bertz CT molecular complexity index is 885. The molecule has 0 spiro atoms. The van der Waals surface area contributed by atoms with E-state index in [0.29, 0.717) is 33.8 Å². The Morgan fingerprint density at radius 1 is 0.567 bits per heavy atom.